The van der Waals surface area contributed by atoms with Crippen LogP contribution in [0, 0.1) is 5.92 Å². The van der Waals surface area contributed by atoms with E-state index >= 15 is 0 Å². The highest BCUT2D eigenvalue weighted by Crippen LogP contribution is 2.25. The second kappa shape index (κ2) is 6.39. The molecule has 2 unspecified atom stereocenters. The zero-order valence-corrected chi connectivity index (χ0v) is 8.92. The molecule has 0 saturated carbocycles. The third-order valence-electron chi connectivity index (χ3n) is 2.73. The lowest BCUT2D eigenvalue weighted by Crippen LogP contribution is -2.39. The van der Waals surface area contributed by atoms with E-state index in [9.17, 15) is 0 Å². The SMILES string of the molecule is CCCCOCCC1COC1CC. The molecule has 0 radical (unpaired) electrons. The maximum absolute atomic E-state index is 5.52. The van der Waals surface area contributed by atoms with Gasteiger partial charge in [-0.05, 0) is 19.3 Å². The molecule has 0 aromatic carbocycles. The largest absolute Gasteiger partial charge is 0.381 e. The highest BCUT2D eigenvalue weighted by molar-refractivity contribution is 4.77. The third kappa shape index (κ3) is 3.65. The van der Waals surface area contributed by atoms with Crippen LogP contribution < -0.4 is 0 Å². The van der Waals surface area contributed by atoms with Crippen molar-refractivity contribution in [2.24, 2.45) is 5.92 Å². The Kier molecular flexibility index (Phi) is 5.40. The van der Waals surface area contributed by atoms with E-state index in [-0.39, 0.29) is 0 Å². The predicted molar refractivity (Wildman–Crippen MR) is 53.9 cm³/mol. The van der Waals surface area contributed by atoms with Gasteiger partial charge in [-0.25, -0.2) is 0 Å². The molecular formula is C11H22O2. The molecule has 1 rings (SSSR count). The molecule has 2 nitrogen and oxygen atoms in total. The molecule has 13 heavy (non-hydrogen) atoms. The molecule has 0 amide bonds. The summed E-state index contributed by atoms with van der Waals surface area (Å²) in [4.78, 5) is 0. The van der Waals surface area contributed by atoms with Crippen molar-refractivity contribution < 1.29 is 9.47 Å². The molecule has 1 aliphatic rings. The van der Waals surface area contributed by atoms with Crippen molar-refractivity contribution in [2.45, 2.75) is 45.6 Å². The first-order valence-corrected chi connectivity index (χ1v) is 5.57. The molecule has 1 aliphatic heterocycles. The number of hydrogen-bond donors (Lipinski definition) is 0. The molecule has 0 N–H and O–H groups in total. The Labute approximate surface area is 81.6 Å². The maximum atomic E-state index is 5.52. The Morgan fingerprint density at radius 1 is 1.31 bits per heavy atom. The normalized spacial score (nSPS) is 27.2. The first kappa shape index (κ1) is 11.0. The summed E-state index contributed by atoms with van der Waals surface area (Å²) in [5, 5.41) is 0. The smallest absolute Gasteiger partial charge is 0.0623 e. The van der Waals surface area contributed by atoms with Gasteiger partial charge in [0.2, 0.25) is 0 Å². The lowest BCUT2D eigenvalue weighted by molar-refractivity contribution is -0.124. The van der Waals surface area contributed by atoms with Crippen molar-refractivity contribution in [3.05, 3.63) is 0 Å². The van der Waals surface area contributed by atoms with Crippen molar-refractivity contribution >= 4 is 0 Å². The van der Waals surface area contributed by atoms with Crippen molar-refractivity contribution in [1.82, 2.24) is 0 Å². The van der Waals surface area contributed by atoms with Gasteiger partial charge in [0.1, 0.15) is 0 Å². The van der Waals surface area contributed by atoms with E-state index in [0.29, 0.717) is 6.10 Å². The molecule has 0 aromatic heterocycles. The van der Waals surface area contributed by atoms with Gasteiger partial charge in [0.25, 0.3) is 0 Å². The standard InChI is InChI=1S/C11H22O2/c1-3-5-7-12-8-6-10-9-13-11(10)4-2/h10-11H,3-9H2,1-2H3. The summed E-state index contributed by atoms with van der Waals surface area (Å²) >= 11 is 0. The first-order valence-electron chi connectivity index (χ1n) is 5.57. The van der Waals surface area contributed by atoms with Crippen molar-refractivity contribution in [3.63, 3.8) is 0 Å². The minimum atomic E-state index is 0.523. The van der Waals surface area contributed by atoms with Crippen LogP contribution in [0.3, 0.4) is 0 Å². The Morgan fingerprint density at radius 3 is 2.69 bits per heavy atom. The van der Waals surface area contributed by atoms with Crippen LogP contribution in [-0.4, -0.2) is 25.9 Å². The molecule has 2 heteroatoms. The van der Waals surface area contributed by atoms with Crippen LogP contribution in [0.25, 0.3) is 0 Å². The van der Waals surface area contributed by atoms with E-state index < -0.39 is 0 Å². The molecular weight excluding hydrogens is 164 g/mol. The second-order valence-electron chi connectivity index (χ2n) is 3.79. The fourth-order valence-electron chi connectivity index (χ4n) is 1.67. The van der Waals surface area contributed by atoms with Crippen LogP contribution in [0.5, 0.6) is 0 Å². The van der Waals surface area contributed by atoms with E-state index in [0.717, 1.165) is 32.2 Å². The maximum Gasteiger partial charge on any atom is 0.0623 e. The van der Waals surface area contributed by atoms with Gasteiger partial charge < -0.3 is 9.47 Å². The lowest BCUT2D eigenvalue weighted by Gasteiger charge is -2.36. The van der Waals surface area contributed by atoms with E-state index in [1.807, 2.05) is 0 Å². The van der Waals surface area contributed by atoms with Gasteiger partial charge in [-0.15, -0.1) is 0 Å². The van der Waals surface area contributed by atoms with Gasteiger partial charge in [-0.1, -0.05) is 20.3 Å². The van der Waals surface area contributed by atoms with Gasteiger partial charge in [0.05, 0.1) is 12.7 Å². The minimum Gasteiger partial charge on any atom is -0.381 e. The summed E-state index contributed by atoms with van der Waals surface area (Å²) in [5.41, 5.74) is 0. The molecule has 1 heterocycles. The Morgan fingerprint density at radius 2 is 2.15 bits per heavy atom. The van der Waals surface area contributed by atoms with Gasteiger partial charge in [0.15, 0.2) is 0 Å². The first-order chi connectivity index (χ1) is 6.38. The van der Waals surface area contributed by atoms with E-state index in [2.05, 4.69) is 13.8 Å². The van der Waals surface area contributed by atoms with Crippen molar-refractivity contribution in [1.29, 1.82) is 0 Å². The van der Waals surface area contributed by atoms with Gasteiger partial charge in [0, 0.05) is 19.1 Å². The zero-order valence-electron chi connectivity index (χ0n) is 8.92. The predicted octanol–water partition coefficient (Wildman–Crippen LogP) is 2.62. The molecule has 1 saturated heterocycles. The minimum absolute atomic E-state index is 0.523. The molecule has 0 bridgehead atoms. The third-order valence-corrected chi connectivity index (χ3v) is 2.73. The summed E-state index contributed by atoms with van der Waals surface area (Å²) < 4.78 is 10.9. The van der Waals surface area contributed by atoms with Crippen LogP contribution in [0.1, 0.15) is 39.5 Å². The number of ether oxygens (including phenoxy) is 2. The molecule has 2 atom stereocenters. The van der Waals surface area contributed by atoms with Crippen LogP contribution in [0.2, 0.25) is 0 Å². The fraction of sp³-hybridized carbons (Fsp3) is 1.00. The lowest BCUT2D eigenvalue weighted by atomic mass is 9.93. The van der Waals surface area contributed by atoms with Crippen LogP contribution in [0.4, 0.5) is 0 Å². The Balaban J connectivity index is 1.88. The van der Waals surface area contributed by atoms with E-state index in [4.69, 9.17) is 9.47 Å². The number of hydrogen-bond acceptors (Lipinski definition) is 2. The monoisotopic (exact) mass is 186 g/mol. The second-order valence-corrected chi connectivity index (χ2v) is 3.79. The summed E-state index contributed by atoms with van der Waals surface area (Å²) in [6, 6.07) is 0. The highest BCUT2D eigenvalue weighted by atomic mass is 16.5. The Hall–Kier alpha value is -0.0800. The van der Waals surface area contributed by atoms with Gasteiger partial charge in [-0.3, -0.25) is 0 Å². The van der Waals surface area contributed by atoms with Crippen molar-refractivity contribution in [3.8, 4) is 0 Å². The average Bonchev–Trinajstić information content (AvgIpc) is 2.10. The Bertz CT molecular complexity index is 123. The number of unbranched alkanes of at least 4 members (excludes halogenated alkanes) is 1. The fourth-order valence-corrected chi connectivity index (χ4v) is 1.67. The number of rotatable bonds is 7. The van der Waals surface area contributed by atoms with Gasteiger partial charge in [-0.2, -0.15) is 0 Å². The summed E-state index contributed by atoms with van der Waals surface area (Å²) in [6.07, 6.45) is 5.28. The van der Waals surface area contributed by atoms with Crippen LogP contribution in [0.15, 0.2) is 0 Å². The molecule has 0 aliphatic carbocycles. The summed E-state index contributed by atoms with van der Waals surface area (Å²) in [6.45, 7) is 7.19. The highest BCUT2D eigenvalue weighted by Gasteiger charge is 2.29. The molecule has 0 aromatic rings. The van der Waals surface area contributed by atoms with Crippen LogP contribution in [-0.2, 0) is 9.47 Å². The molecule has 0 spiro atoms. The van der Waals surface area contributed by atoms with E-state index in [1.54, 1.807) is 0 Å². The summed E-state index contributed by atoms with van der Waals surface area (Å²) in [7, 11) is 0. The molecule has 78 valence electrons. The molecule has 1 fully saturated rings. The van der Waals surface area contributed by atoms with Gasteiger partial charge >= 0.3 is 0 Å². The summed E-state index contributed by atoms with van der Waals surface area (Å²) in [5.74, 6) is 0.770. The zero-order chi connectivity index (χ0) is 9.52. The van der Waals surface area contributed by atoms with Crippen molar-refractivity contribution in [2.75, 3.05) is 19.8 Å². The topological polar surface area (TPSA) is 18.5 Å². The van der Waals surface area contributed by atoms with Crippen LogP contribution >= 0.6 is 0 Å². The van der Waals surface area contributed by atoms with E-state index in [1.165, 1.54) is 19.3 Å². The average molecular weight is 186 g/mol. The quantitative estimate of drug-likeness (QED) is 0.569.